The van der Waals surface area contributed by atoms with Gasteiger partial charge in [0.05, 0.1) is 0 Å². The van der Waals surface area contributed by atoms with Crippen molar-refractivity contribution in [3.8, 4) is 17.6 Å². The van der Waals surface area contributed by atoms with E-state index in [-0.39, 0.29) is 18.0 Å². The molecule has 1 amide bonds. The first-order valence-electron chi connectivity index (χ1n) is 13.8. The molecule has 0 N–H and O–H groups in total. The molecule has 2 aromatic carbocycles. The first-order chi connectivity index (χ1) is 19.4. The van der Waals surface area contributed by atoms with E-state index in [1.165, 1.54) is 6.08 Å². The molecule has 1 aromatic heterocycles. The van der Waals surface area contributed by atoms with E-state index in [0.717, 1.165) is 35.7 Å². The summed E-state index contributed by atoms with van der Waals surface area (Å²) in [5.74, 6) is 1.38. The second kappa shape index (κ2) is 11.1. The molecule has 3 aromatic rings. The van der Waals surface area contributed by atoms with Crippen molar-refractivity contribution in [2.75, 3.05) is 51.3 Å². The van der Waals surface area contributed by atoms with E-state index in [1.807, 2.05) is 43.3 Å². The molecule has 3 atom stereocenters. The normalized spacial score (nSPS) is 22.9. The number of fused-ring (bicyclic) bond motifs is 2. The molecule has 0 saturated carbocycles. The van der Waals surface area contributed by atoms with Gasteiger partial charge in [-0.15, -0.1) is 0 Å². The van der Waals surface area contributed by atoms with Crippen molar-refractivity contribution < 1.29 is 19.0 Å². The molecule has 9 nitrogen and oxygen atoms in total. The highest BCUT2D eigenvalue weighted by Crippen LogP contribution is 2.46. The average molecular weight is 564 g/mol. The van der Waals surface area contributed by atoms with Crippen molar-refractivity contribution in [2.24, 2.45) is 0 Å². The van der Waals surface area contributed by atoms with E-state index in [1.54, 1.807) is 4.90 Å². The van der Waals surface area contributed by atoms with Crippen LogP contribution in [0.25, 0.3) is 10.8 Å². The van der Waals surface area contributed by atoms with Crippen LogP contribution in [0.4, 0.5) is 5.82 Å². The lowest BCUT2D eigenvalue weighted by Gasteiger charge is -2.38. The minimum atomic E-state index is -0.435. The number of carbonyl (C=O) groups is 1. The molecule has 210 valence electrons. The number of ether oxygens (including phenoxy) is 3. The number of aromatic nitrogens is 2. The van der Waals surface area contributed by atoms with Gasteiger partial charge in [-0.3, -0.25) is 4.79 Å². The zero-order valence-corrected chi connectivity index (χ0v) is 23.6. The highest BCUT2D eigenvalue weighted by Gasteiger charge is 2.37. The third-order valence-corrected chi connectivity index (χ3v) is 8.41. The van der Waals surface area contributed by atoms with Crippen LogP contribution in [-0.2, 0) is 4.79 Å². The van der Waals surface area contributed by atoms with Gasteiger partial charge in [0, 0.05) is 48.2 Å². The summed E-state index contributed by atoms with van der Waals surface area (Å²) in [4.78, 5) is 27.8. The molecule has 2 fully saturated rings. The van der Waals surface area contributed by atoms with Crippen molar-refractivity contribution in [1.82, 2.24) is 19.8 Å². The highest BCUT2D eigenvalue weighted by atomic mass is 35.5. The third-order valence-electron chi connectivity index (χ3n) is 8.10. The molecule has 1 unspecified atom stereocenters. The molecule has 0 bridgehead atoms. The van der Waals surface area contributed by atoms with Gasteiger partial charge < -0.3 is 28.9 Å². The van der Waals surface area contributed by atoms with Crippen LogP contribution in [-0.4, -0.2) is 84.2 Å². The van der Waals surface area contributed by atoms with Crippen molar-refractivity contribution in [3.63, 3.8) is 0 Å². The van der Waals surface area contributed by atoms with Crippen LogP contribution >= 0.6 is 11.6 Å². The van der Waals surface area contributed by atoms with Crippen LogP contribution in [0.2, 0.25) is 5.02 Å². The van der Waals surface area contributed by atoms with Gasteiger partial charge >= 0.3 is 6.01 Å². The van der Waals surface area contributed by atoms with Gasteiger partial charge in [-0.1, -0.05) is 48.5 Å². The number of hydrogen-bond acceptors (Lipinski definition) is 8. The number of likely N-dealkylation sites (tertiary alicyclic amines) is 1. The SMILES string of the molecule is C=CC(=O)N1CCN(c2nc(OC[C@@H]3CCCN3C)nc3c2O[C@H](C)C(c2cccc4cccc(Cl)c24)O3)CC1. The number of carbonyl (C=O) groups excluding carboxylic acids is 1. The molecule has 10 heteroatoms. The van der Waals surface area contributed by atoms with Gasteiger partial charge in [0.2, 0.25) is 11.7 Å². The largest absolute Gasteiger partial charge is 0.478 e. The summed E-state index contributed by atoms with van der Waals surface area (Å²) in [5.41, 5.74) is 0.938. The number of anilines is 1. The lowest BCUT2D eigenvalue weighted by molar-refractivity contribution is -0.126. The lowest BCUT2D eigenvalue weighted by atomic mass is 9.97. The number of hydrogen-bond donors (Lipinski definition) is 0. The standard InChI is InChI=1S/C30H34ClN5O4/c1-4-24(37)35-14-16-36(17-15-35)28-27-29(33-30(32-28)38-18-21-10-7-13-34(21)3)40-26(19(2)39-27)22-11-5-8-20-9-6-12-23(31)25(20)22/h4-6,8-9,11-12,19,21,26H,1,7,10,13-18H2,2-3H3/t19-,21+,26?/m1/s1. The van der Waals surface area contributed by atoms with E-state index < -0.39 is 6.10 Å². The van der Waals surface area contributed by atoms with E-state index in [9.17, 15) is 4.79 Å². The minimum Gasteiger partial charge on any atom is -0.478 e. The number of likely N-dealkylation sites (N-methyl/N-ethyl adjacent to an activating group) is 1. The molecular weight excluding hydrogens is 530 g/mol. The van der Waals surface area contributed by atoms with Crippen molar-refractivity contribution in [2.45, 2.75) is 38.0 Å². The van der Waals surface area contributed by atoms with Gasteiger partial charge in [-0.25, -0.2) is 0 Å². The zero-order valence-electron chi connectivity index (χ0n) is 22.9. The van der Waals surface area contributed by atoms with E-state index in [0.29, 0.717) is 61.3 Å². The smallest absolute Gasteiger partial charge is 0.322 e. The maximum atomic E-state index is 12.2. The Kier molecular flexibility index (Phi) is 7.42. The quantitative estimate of drug-likeness (QED) is 0.406. The Bertz CT molecular complexity index is 1420. The maximum absolute atomic E-state index is 12.2. The molecule has 0 aliphatic carbocycles. The van der Waals surface area contributed by atoms with Crippen LogP contribution in [0.3, 0.4) is 0 Å². The molecule has 0 spiro atoms. The Morgan fingerprint density at radius 1 is 1.12 bits per heavy atom. The van der Waals surface area contributed by atoms with Crippen LogP contribution < -0.4 is 19.1 Å². The summed E-state index contributed by atoms with van der Waals surface area (Å²) in [6.45, 7) is 9.44. The lowest BCUT2D eigenvalue weighted by Crippen LogP contribution is -2.49. The number of halogens is 1. The predicted octanol–water partition coefficient (Wildman–Crippen LogP) is 4.49. The molecule has 2 saturated heterocycles. The van der Waals surface area contributed by atoms with Crippen LogP contribution in [0, 0.1) is 0 Å². The molecule has 6 rings (SSSR count). The number of benzene rings is 2. The minimum absolute atomic E-state index is 0.0705. The molecule has 0 radical (unpaired) electrons. The number of rotatable bonds is 6. The second-order valence-electron chi connectivity index (χ2n) is 10.6. The van der Waals surface area contributed by atoms with E-state index in [4.69, 9.17) is 30.8 Å². The summed E-state index contributed by atoms with van der Waals surface area (Å²) < 4.78 is 19.3. The third kappa shape index (κ3) is 5.04. The van der Waals surface area contributed by atoms with Gasteiger partial charge in [0.15, 0.2) is 11.9 Å². The van der Waals surface area contributed by atoms with Crippen LogP contribution in [0.15, 0.2) is 49.1 Å². The zero-order chi connectivity index (χ0) is 27.8. The van der Waals surface area contributed by atoms with E-state index in [2.05, 4.69) is 28.4 Å². The first kappa shape index (κ1) is 26.7. The molecule has 40 heavy (non-hydrogen) atoms. The fourth-order valence-electron chi connectivity index (χ4n) is 5.83. The molecule has 3 aliphatic rings. The molecule has 3 aliphatic heterocycles. The number of piperazine rings is 1. The van der Waals surface area contributed by atoms with Crippen molar-refractivity contribution in [1.29, 1.82) is 0 Å². The topological polar surface area (TPSA) is 80.3 Å². The van der Waals surface area contributed by atoms with Gasteiger partial charge in [0.25, 0.3) is 5.88 Å². The summed E-state index contributed by atoms with van der Waals surface area (Å²) in [6, 6.07) is 12.5. The Hall–Kier alpha value is -3.56. The Labute approximate surface area is 239 Å². The Balaban J connectivity index is 1.34. The summed E-state index contributed by atoms with van der Waals surface area (Å²) >= 11 is 6.65. The van der Waals surface area contributed by atoms with Crippen molar-refractivity contribution in [3.05, 3.63) is 59.6 Å². The summed E-state index contributed by atoms with van der Waals surface area (Å²) in [7, 11) is 2.11. The monoisotopic (exact) mass is 563 g/mol. The summed E-state index contributed by atoms with van der Waals surface area (Å²) in [6.07, 6.45) is 2.81. The van der Waals surface area contributed by atoms with Gasteiger partial charge in [0.1, 0.15) is 12.7 Å². The fourth-order valence-corrected chi connectivity index (χ4v) is 6.12. The van der Waals surface area contributed by atoms with Gasteiger partial charge in [-0.2, -0.15) is 9.97 Å². The molecular formula is C30H34ClN5O4. The highest BCUT2D eigenvalue weighted by molar-refractivity contribution is 6.35. The maximum Gasteiger partial charge on any atom is 0.322 e. The number of nitrogens with zero attached hydrogens (tertiary/aromatic N) is 5. The Morgan fingerprint density at radius 2 is 1.90 bits per heavy atom. The predicted molar refractivity (Wildman–Crippen MR) is 155 cm³/mol. The fraction of sp³-hybridized carbons (Fsp3) is 0.433. The first-order valence-corrected chi connectivity index (χ1v) is 14.2. The second-order valence-corrected chi connectivity index (χ2v) is 11.0. The van der Waals surface area contributed by atoms with Gasteiger partial charge in [-0.05, 0) is 50.9 Å². The average Bonchev–Trinajstić information content (AvgIpc) is 3.39. The summed E-state index contributed by atoms with van der Waals surface area (Å²) in [5, 5.41) is 2.63. The van der Waals surface area contributed by atoms with Crippen molar-refractivity contribution >= 4 is 34.1 Å². The van der Waals surface area contributed by atoms with Crippen LogP contribution in [0.5, 0.6) is 17.6 Å². The Morgan fingerprint density at radius 3 is 2.62 bits per heavy atom. The number of amides is 1. The molecule has 4 heterocycles. The van der Waals surface area contributed by atoms with Crippen LogP contribution in [0.1, 0.15) is 31.4 Å². The van der Waals surface area contributed by atoms with E-state index >= 15 is 0 Å².